The summed E-state index contributed by atoms with van der Waals surface area (Å²) in [5, 5.41) is 3.09. The second-order valence-electron chi connectivity index (χ2n) is 10.0. The molecule has 1 atom stereocenters. The van der Waals surface area contributed by atoms with Crippen LogP contribution in [0.4, 0.5) is 4.79 Å². The van der Waals surface area contributed by atoms with Gasteiger partial charge in [-0.05, 0) is 65.2 Å². The molecule has 4 aliphatic rings. The van der Waals surface area contributed by atoms with Crippen LogP contribution >= 0.6 is 0 Å². The Hall–Kier alpha value is -0.850. The highest BCUT2D eigenvalue weighted by molar-refractivity contribution is 5.75. The molecule has 0 aromatic rings. The summed E-state index contributed by atoms with van der Waals surface area (Å²) < 4.78 is 12.0. The maximum atomic E-state index is 12.4. The number of nitrogens with one attached hydrogen (secondary N) is 1. The quantitative estimate of drug-likeness (QED) is 0.816. The van der Waals surface area contributed by atoms with E-state index < -0.39 is 0 Å². The van der Waals surface area contributed by atoms with Gasteiger partial charge in [0.15, 0.2) is 0 Å². The number of nitrogens with zero attached hydrogens (tertiary/aromatic N) is 2. The van der Waals surface area contributed by atoms with E-state index in [1.165, 1.54) is 12.8 Å². The summed E-state index contributed by atoms with van der Waals surface area (Å²) in [7, 11) is 0. The molecule has 4 fully saturated rings. The van der Waals surface area contributed by atoms with Crippen LogP contribution in [0.1, 0.15) is 59.3 Å². The van der Waals surface area contributed by atoms with E-state index in [0.717, 1.165) is 71.1 Å². The first-order valence-corrected chi connectivity index (χ1v) is 10.9. The fourth-order valence-electron chi connectivity index (χ4n) is 4.97. The number of rotatable bonds is 4. The average Bonchev–Trinajstić information content (AvgIpc) is 3.45. The highest BCUT2D eigenvalue weighted by Crippen LogP contribution is 2.45. The number of ether oxygens (including phenoxy) is 2. The Morgan fingerprint density at radius 3 is 2.41 bits per heavy atom. The van der Waals surface area contributed by atoms with Gasteiger partial charge in [0.1, 0.15) is 0 Å². The fraction of sp³-hybridized carbons (Fsp3) is 0.952. The third kappa shape index (κ3) is 4.28. The summed E-state index contributed by atoms with van der Waals surface area (Å²) in [6.45, 7) is 11.5. The Morgan fingerprint density at radius 1 is 1.15 bits per heavy atom. The first-order chi connectivity index (χ1) is 12.9. The van der Waals surface area contributed by atoms with Crippen LogP contribution in [-0.2, 0) is 9.47 Å². The predicted octanol–water partition coefficient (Wildman–Crippen LogP) is 2.62. The first kappa shape index (κ1) is 19.5. The molecule has 0 bridgehead atoms. The summed E-state index contributed by atoms with van der Waals surface area (Å²) in [4.78, 5) is 17.1. The van der Waals surface area contributed by atoms with Gasteiger partial charge in [-0.15, -0.1) is 0 Å². The van der Waals surface area contributed by atoms with Crippen molar-refractivity contribution in [3.8, 4) is 0 Å². The van der Waals surface area contributed by atoms with Gasteiger partial charge in [0.05, 0.1) is 11.6 Å². The van der Waals surface area contributed by atoms with Gasteiger partial charge in [-0.2, -0.15) is 0 Å². The number of hydrogen-bond donors (Lipinski definition) is 1. The summed E-state index contributed by atoms with van der Waals surface area (Å²) in [5.41, 5.74) is 0.0112. The topological polar surface area (TPSA) is 54.0 Å². The molecule has 3 aliphatic heterocycles. The maximum absolute atomic E-state index is 12.4. The van der Waals surface area contributed by atoms with Crippen molar-refractivity contribution >= 4 is 6.03 Å². The van der Waals surface area contributed by atoms with E-state index in [1.54, 1.807) is 0 Å². The molecule has 0 aromatic carbocycles. The number of amides is 2. The zero-order chi connectivity index (χ0) is 19.1. The molecule has 6 heteroatoms. The molecule has 154 valence electrons. The van der Waals surface area contributed by atoms with Crippen LogP contribution in [0.25, 0.3) is 0 Å². The first-order valence-electron chi connectivity index (χ1n) is 10.9. The van der Waals surface area contributed by atoms with Crippen molar-refractivity contribution in [3.63, 3.8) is 0 Å². The van der Waals surface area contributed by atoms with Crippen molar-refractivity contribution in [2.75, 3.05) is 39.5 Å². The van der Waals surface area contributed by atoms with Crippen molar-refractivity contribution in [1.29, 1.82) is 0 Å². The van der Waals surface area contributed by atoms with E-state index in [1.807, 2.05) is 25.7 Å². The lowest BCUT2D eigenvalue weighted by Crippen LogP contribution is -2.76. The molecule has 6 nitrogen and oxygen atoms in total. The van der Waals surface area contributed by atoms with Crippen molar-refractivity contribution in [3.05, 3.63) is 0 Å². The fourth-order valence-corrected chi connectivity index (χ4v) is 4.97. The molecule has 3 saturated heterocycles. The van der Waals surface area contributed by atoms with Gasteiger partial charge >= 0.3 is 6.03 Å². The van der Waals surface area contributed by atoms with Gasteiger partial charge in [0.25, 0.3) is 0 Å². The van der Waals surface area contributed by atoms with Gasteiger partial charge in [-0.25, -0.2) is 4.79 Å². The second kappa shape index (κ2) is 7.53. The Kier molecular flexibility index (Phi) is 5.43. The molecule has 1 aliphatic carbocycles. The molecular weight excluding hydrogens is 342 g/mol. The van der Waals surface area contributed by atoms with Crippen molar-refractivity contribution in [1.82, 2.24) is 15.1 Å². The van der Waals surface area contributed by atoms with Gasteiger partial charge < -0.3 is 19.7 Å². The van der Waals surface area contributed by atoms with Crippen LogP contribution in [0, 0.1) is 5.92 Å². The zero-order valence-electron chi connectivity index (χ0n) is 17.3. The number of urea groups is 1. The van der Waals surface area contributed by atoms with Crippen LogP contribution in [0.15, 0.2) is 0 Å². The minimum absolute atomic E-state index is 0.0796. The number of likely N-dealkylation sites (tertiary alicyclic amines) is 2. The Balaban J connectivity index is 1.32. The summed E-state index contributed by atoms with van der Waals surface area (Å²) in [5.74, 6) is 0.820. The minimum atomic E-state index is -0.177. The van der Waals surface area contributed by atoms with E-state index >= 15 is 0 Å². The molecule has 1 saturated carbocycles. The lowest BCUT2D eigenvalue weighted by Gasteiger charge is -2.63. The Bertz CT molecular complexity index is 529. The summed E-state index contributed by atoms with van der Waals surface area (Å²) >= 11 is 0. The van der Waals surface area contributed by atoms with Gasteiger partial charge in [0.2, 0.25) is 0 Å². The third-order valence-electron chi connectivity index (χ3n) is 6.80. The van der Waals surface area contributed by atoms with Crippen molar-refractivity contribution in [2.45, 2.75) is 82.5 Å². The van der Waals surface area contributed by atoms with E-state index in [9.17, 15) is 4.79 Å². The molecule has 27 heavy (non-hydrogen) atoms. The van der Waals surface area contributed by atoms with Gasteiger partial charge in [0, 0.05) is 51.0 Å². The molecule has 1 spiro atoms. The number of hydrogen-bond acceptors (Lipinski definition) is 4. The van der Waals surface area contributed by atoms with E-state index in [4.69, 9.17) is 9.47 Å². The minimum Gasteiger partial charge on any atom is -0.381 e. The highest BCUT2D eigenvalue weighted by Gasteiger charge is 2.57. The summed E-state index contributed by atoms with van der Waals surface area (Å²) in [6, 6.07) is 0.651. The van der Waals surface area contributed by atoms with Crippen LogP contribution in [-0.4, -0.2) is 78.5 Å². The zero-order valence-corrected chi connectivity index (χ0v) is 17.3. The molecule has 3 heterocycles. The molecule has 1 N–H and O–H groups in total. The maximum Gasteiger partial charge on any atom is 0.317 e. The molecule has 4 rings (SSSR count). The molecule has 0 radical (unpaired) electrons. The van der Waals surface area contributed by atoms with Gasteiger partial charge in [-0.1, -0.05) is 0 Å². The number of carbonyl (C=O) groups excluding carboxylic acids is 1. The van der Waals surface area contributed by atoms with E-state index in [-0.39, 0.29) is 17.1 Å². The standard InChI is InChI=1S/C21H37N3O3/c1-20(2,3)22-19(25)23-10-6-17(7-11-23)24-14-18(27-15-16-4-5-16)21(24)8-12-26-13-9-21/h16-18H,4-15H2,1-3H3,(H,22,25). The van der Waals surface area contributed by atoms with Crippen molar-refractivity contribution < 1.29 is 14.3 Å². The lowest BCUT2D eigenvalue weighted by atomic mass is 9.73. The third-order valence-corrected chi connectivity index (χ3v) is 6.80. The van der Waals surface area contributed by atoms with Gasteiger partial charge in [-0.3, -0.25) is 4.90 Å². The normalized spacial score (nSPS) is 29.6. The molecule has 1 unspecified atom stereocenters. The Labute approximate surface area is 163 Å². The van der Waals surface area contributed by atoms with Crippen molar-refractivity contribution in [2.24, 2.45) is 5.92 Å². The highest BCUT2D eigenvalue weighted by atomic mass is 16.5. The molecule has 0 aromatic heterocycles. The monoisotopic (exact) mass is 379 g/mol. The van der Waals surface area contributed by atoms with E-state index in [2.05, 4.69) is 10.2 Å². The SMILES string of the molecule is CC(C)(C)NC(=O)N1CCC(N2CC(OCC3CC3)C23CCOCC3)CC1. The smallest absolute Gasteiger partial charge is 0.317 e. The van der Waals surface area contributed by atoms with Crippen LogP contribution in [0.5, 0.6) is 0 Å². The second-order valence-corrected chi connectivity index (χ2v) is 10.0. The average molecular weight is 380 g/mol. The lowest BCUT2D eigenvalue weighted by molar-refractivity contribution is -0.217. The molecule has 2 amide bonds. The number of carbonyl (C=O) groups is 1. The summed E-state index contributed by atoms with van der Waals surface area (Å²) in [6.07, 6.45) is 7.39. The molecular formula is C21H37N3O3. The van der Waals surface area contributed by atoms with Crippen LogP contribution in [0.2, 0.25) is 0 Å². The van der Waals surface area contributed by atoms with E-state index in [0.29, 0.717) is 12.1 Å². The van der Waals surface area contributed by atoms with Crippen LogP contribution < -0.4 is 5.32 Å². The van der Waals surface area contributed by atoms with Crippen LogP contribution in [0.3, 0.4) is 0 Å². The largest absolute Gasteiger partial charge is 0.381 e. The number of piperidine rings is 1. The Morgan fingerprint density at radius 2 is 1.81 bits per heavy atom. The predicted molar refractivity (Wildman–Crippen MR) is 105 cm³/mol.